The molecule has 2 heterocycles. The highest BCUT2D eigenvalue weighted by Gasteiger charge is 2.10. The van der Waals surface area contributed by atoms with Crippen molar-refractivity contribution in [2.24, 2.45) is 0 Å². The van der Waals surface area contributed by atoms with Crippen LogP contribution in [0.1, 0.15) is 12.6 Å². The average Bonchev–Trinajstić information content (AvgIpc) is 3.21. The van der Waals surface area contributed by atoms with Crippen molar-refractivity contribution in [2.45, 2.75) is 17.8 Å². The molecule has 1 N–H and O–H groups in total. The lowest BCUT2D eigenvalue weighted by molar-refractivity contribution is -0.114. The third-order valence-electron chi connectivity index (χ3n) is 3.03. The lowest BCUT2D eigenvalue weighted by Crippen LogP contribution is -2.05. The summed E-state index contributed by atoms with van der Waals surface area (Å²) in [5.41, 5.74) is 1.81. The van der Waals surface area contributed by atoms with E-state index in [1.807, 2.05) is 34.2 Å². The van der Waals surface area contributed by atoms with Gasteiger partial charge in [0.05, 0.1) is 18.5 Å². The van der Waals surface area contributed by atoms with Crippen molar-refractivity contribution in [3.63, 3.8) is 0 Å². The lowest BCUT2D eigenvalue weighted by Gasteiger charge is -2.07. The number of nitrogens with one attached hydrogen (secondary N) is 1. The highest BCUT2D eigenvalue weighted by molar-refractivity contribution is 7.98. The van der Waals surface area contributed by atoms with E-state index in [-0.39, 0.29) is 5.91 Å². The van der Waals surface area contributed by atoms with Crippen LogP contribution in [0.3, 0.4) is 0 Å². The van der Waals surface area contributed by atoms with Gasteiger partial charge in [-0.05, 0) is 12.1 Å². The summed E-state index contributed by atoms with van der Waals surface area (Å²) in [6, 6.07) is 7.70. The zero-order chi connectivity index (χ0) is 16.9. The van der Waals surface area contributed by atoms with Gasteiger partial charge in [0.2, 0.25) is 5.91 Å². The van der Waals surface area contributed by atoms with Crippen molar-refractivity contribution in [3.05, 3.63) is 41.7 Å². The summed E-state index contributed by atoms with van der Waals surface area (Å²) in [4.78, 5) is 15.4. The number of carbonyl (C=O) groups excluding carboxylic acids is 1. The van der Waals surface area contributed by atoms with Crippen molar-refractivity contribution in [1.82, 2.24) is 19.7 Å². The first-order valence-electron chi connectivity index (χ1n) is 7.05. The molecule has 3 rings (SSSR count). The number of amides is 1. The molecule has 0 aliphatic carbocycles. The summed E-state index contributed by atoms with van der Waals surface area (Å²) < 4.78 is 7.15. The number of aromatic nitrogens is 4. The van der Waals surface area contributed by atoms with Crippen molar-refractivity contribution in [2.75, 3.05) is 12.4 Å². The Balaban J connectivity index is 1.71. The van der Waals surface area contributed by atoms with Crippen LogP contribution in [0.2, 0.25) is 0 Å². The molecule has 0 aliphatic heterocycles. The van der Waals surface area contributed by atoms with Crippen LogP contribution in [-0.2, 0) is 10.5 Å². The molecule has 124 valence electrons. The first kappa shape index (κ1) is 16.5. The predicted octanol–water partition coefficient (Wildman–Crippen LogP) is 2.98. The van der Waals surface area contributed by atoms with E-state index in [4.69, 9.17) is 4.74 Å². The highest BCUT2D eigenvalue weighted by Crippen LogP contribution is 2.26. The molecule has 0 saturated heterocycles. The first-order chi connectivity index (χ1) is 11.7. The van der Waals surface area contributed by atoms with Gasteiger partial charge in [0.15, 0.2) is 10.3 Å². The number of carbonyl (C=O) groups is 1. The molecule has 0 atom stereocenters. The van der Waals surface area contributed by atoms with Crippen LogP contribution in [0.5, 0.6) is 5.75 Å². The van der Waals surface area contributed by atoms with E-state index in [9.17, 15) is 4.79 Å². The fourth-order valence-electron chi connectivity index (χ4n) is 1.98. The molecule has 0 aliphatic rings. The smallest absolute Gasteiger partial charge is 0.223 e. The maximum Gasteiger partial charge on any atom is 0.223 e. The number of benzene rings is 1. The second-order valence-corrected chi connectivity index (χ2v) is 6.60. The summed E-state index contributed by atoms with van der Waals surface area (Å²) in [6.45, 7) is 1.46. The molecule has 0 saturated carbocycles. The second kappa shape index (κ2) is 7.45. The van der Waals surface area contributed by atoms with Crippen molar-refractivity contribution in [1.29, 1.82) is 0 Å². The standard InChI is InChI=1S/C15H15N5O2S2/c1-10(21)17-14-18-11(7-23-14)8-24-15-19-16-9-20(15)12-4-3-5-13(6-12)22-2/h3-7,9H,8H2,1-2H3,(H,17,18,21). The Morgan fingerprint density at radius 3 is 3.12 bits per heavy atom. The van der Waals surface area contributed by atoms with Gasteiger partial charge < -0.3 is 10.1 Å². The summed E-state index contributed by atoms with van der Waals surface area (Å²) in [6.07, 6.45) is 1.67. The molecule has 0 bridgehead atoms. The van der Waals surface area contributed by atoms with Crippen LogP contribution in [0.25, 0.3) is 5.69 Å². The summed E-state index contributed by atoms with van der Waals surface area (Å²) in [5, 5.41) is 14.1. The number of thiazole rings is 1. The predicted molar refractivity (Wildman–Crippen MR) is 93.9 cm³/mol. The Hall–Kier alpha value is -2.39. The van der Waals surface area contributed by atoms with E-state index in [1.54, 1.807) is 13.4 Å². The first-order valence-corrected chi connectivity index (χ1v) is 8.91. The highest BCUT2D eigenvalue weighted by atomic mass is 32.2. The van der Waals surface area contributed by atoms with Crippen molar-refractivity contribution >= 4 is 34.1 Å². The molecule has 0 spiro atoms. The molecule has 0 radical (unpaired) electrons. The van der Waals surface area contributed by atoms with E-state index in [0.29, 0.717) is 10.9 Å². The zero-order valence-corrected chi connectivity index (χ0v) is 14.7. The van der Waals surface area contributed by atoms with E-state index >= 15 is 0 Å². The van der Waals surface area contributed by atoms with Gasteiger partial charge in [-0.3, -0.25) is 9.36 Å². The topological polar surface area (TPSA) is 81.9 Å². The Morgan fingerprint density at radius 1 is 1.46 bits per heavy atom. The van der Waals surface area contributed by atoms with Crippen LogP contribution >= 0.6 is 23.1 Å². The SMILES string of the molecule is COc1cccc(-n2cnnc2SCc2csc(NC(C)=O)n2)c1. The van der Waals surface area contributed by atoms with Crippen LogP contribution in [-0.4, -0.2) is 32.8 Å². The van der Waals surface area contributed by atoms with E-state index in [1.165, 1.54) is 30.0 Å². The van der Waals surface area contributed by atoms with Crippen LogP contribution < -0.4 is 10.1 Å². The molecule has 9 heteroatoms. The normalized spacial score (nSPS) is 10.6. The van der Waals surface area contributed by atoms with Gasteiger partial charge in [-0.25, -0.2) is 4.98 Å². The maximum atomic E-state index is 11.0. The number of nitrogens with zero attached hydrogens (tertiary/aromatic N) is 4. The minimum absolute atomic E-state index is 0.124. The minimum Gasteiger partial charge on any atom is -0.497 e. The van der Waals surface area contributed by atoms with Gasteiger partial charge in [0.1, 0.15) is 12.1 Å². The third-order valence-corrected chi connectivity index (χ3v) is 4.82. The molecule has 3 aromatic rings. The van der Waals surface area contributed by atoms with E-state index in [2.05, 4.69) is 20.5 Å². The third kappa shape index (κ3) is 3.92. The van der Waals surface area contributed by atoms with Crippen LogP contribution in [0.4, 0.5) is 5.13 Å². The van der Waals surface area contributed by atoms with Gasteiger partial charge in [0, 0.05) is 24.1 Å². The number of rotatable bonds is 6. The molecule has 2 aromatic heterocycles. The largest absolute Gasteiger partial charge is 0.497 e. The number of thioether (sulfide) groups is 1. The number of hydrogen-bond donors (Lipinski definition) is 1. The average molecular weight is 361 g/mol. The zero-order valence-electron chi connectivity index (χ0n) is 13.1. The Morgan fingerprint density at radius 2 is 2.33 bits per heavy atom. The van der Waals surface area contributed by atoms with Gasteiger partial charge in [-0.1, -0.05) is 17.8 Å². The fraction of sp³-hybridized carbons (Fsp3) is 0.200. The number of hydrogen-bond acceptors (Lipinski definition) is 7. The van der Waals surface area contributed by atoms with Crippen LogP contribution in [0.15, 0.2) is 41.1 Å². The molecular formula is C15H15N5O2S2. The summed E-state index contributed by atoms with van der Waals surface area (Å²) in [7, 11) is 1.63. The molecule has 1 aromatic carbocycles. The second-order valence-electron chi connectivity index (χ2n) is 4.80. The number of anilines is 1. The minimum atomic E-state index is -0.124. The molecular weight excluding hydrogens is 346 g/mol. The maximum absolute atomic E-state index is 11.0. The quantitative estimate of drug-likeness (QED) is 0.680. The summed E-state index contributed by atoms with van der Waals surface area (Å²) in [5.74, 6) is 1.29. The Kier molecular flexibility index (Phi) is 5.11. The van der Waals surface area contributed by atoms with Gasteiger partial charge >= 0.3 is 0 Å². The Labute approximate surface area is 147 Å². The van der Waals surface area contributed by atoms with Gasteiger partial charge in [-0.15, -0.1) is 21.5 Å². The van der Waals surface area contributed by atoms with Gasteiger partial charge in [0.25, 0.3) is 0 Å². The van der Waals surface area contributed by atoms with Crippen molar-refractivity contribution in [3.8, 4) is 11.4 Å². The van der Waals surface area contributed by atoms with E-state index < -0.39 is 0 Å². The van der Waals surface area contributed by atoms with Crippen molar-refractivity contribution < 1.29 is 9.53 Å². The molecule has 0 fully saturated rings. The number of ether oxygens (including phenoxy) is 1. The molecule has 24 heavy (non-hydrogen) atoms. The van der Waals surface area contributed by atoms with Crippen LogP contribution in [0, 0.1) is 0 Å². The fourth-order valence-corrected chi connectivity index (χ4v) is 3.66. The van der Waals surface area contributed by atoms with E-state index in [0.717, 1.165) is 22.3 Å². The monoisotopic (exact) mass is 361 g/mol. The molecule has 1 amide bonds. The Bertz CT molecular complexity index is 846. The van der Waals surface area contributed by atoms with Gasteiger partial charge in [-0.2, -0.15) is 0 Å². The lowest BCUT2D eigenvalue weighted by atomic mass is 10.3. The molecule has 0 unspecified atom stereocenters. The summed E-state index contributed by atoms with van der Waals surface area (Å²) >= 11 is 2.93. The number of methoxy groups -OCH3 is 1. The molecule has 7 nitrogen and oxygen atoms in total.